The van der Waals surface area contributed by atoms with E-state index in [1.807, 2.05) is 5.38 Å². The van der Waals surface area contributed by atoms with E-state index < -0.39 is 0 Å². The highest BCUT2D eigenvalue weighted by atomic mass is 32.1. The zero-order valence-electron chi connectivity index (χ0n) is 10.2. The molecule has 92 valence electrons. The fraction of sp³-hybridized carbons (Fsp3) is 0.692. The lowest BCUT2D eigenvalue weighted by Gasteiger charge is -2.31. The summed E-state index contributed by atoms with van der Waals surface area (Å²) >= 11 is 1.62. The van der Waals surface area contributed by atoms with E-state index in [-0.39, 0.29) is 5.78 Å². The summed E-state index contributed by atoms with van der Waals surface area (Å²) in [6.07, 6.45) is 6.74. The monoisotopic (exact) mass is 250 g/mol. The number of nitrogens with zero attached hydrogens (tertiary/aromatic N) is 2. The van der Waals surface area contributed by atoms with Crippen molar-refractivity contribution in [2.24, 2.45) is 5.92 Å². The number of thiazole rings is 1. The molecule has 2 unspecified atom stereocenters. The van der Waals surface area contributed by atoms with E-state index in [4.69, 9.17) is 0 Å². The molecule has 0 bridgehead atoms. The molecule has 1 saturated carbocycles. The van der Waals surface area contributed by atoms with Crippen LogP contribution in [0.1, 0.15) is 49.5 Å². The Labute approximate surface area is 106 Å². The van der Waals surface area contributed by atoms with E-state index in [1.54, 1.807) is 18.3 Å². The summed E-state index contributed by atoms with van der Waals surface area (Å²) in [7, 11) is 0. The number of carbonyl (C=O) groups excluding carboxylic acids is 1. The van der Waals surface area contributed by atoms with Crippen LogP contribution >= 0.6 is 11.3 Å². The number of anilines is 1. The van der Waals surface area contributed by atoms with E-state index in [2.05, 4.69) is 9.88 Å². The van der Waals surface area contributed by atoms with Crippen molar-refractivity contribution in [1.82, 2.24) is 4.98 Å². The Bertz CT molecular complexity index is 429. The highest BCUT2D eigenvalue weighted by Gasteiger charge is 2.36. The molecule has 2 heterocycles. The zero-order valence-corrected chi connectivity index (χ0v) is 11.0. The van der Waals surface area contributed by atoms with Crippen LogP contribution in [0.15, 0.2) is 5.38 Å². The van der Waals surface area contributed by atoms with Crippen molar-refractivity contribution in [3.63, 3.8) is 0 Å². The van der Waals surface area contributed by atoms with Crippen LogP contribution in [0.4, 0.5) is 5.13 Å². The van der Waals surface area contributed by atoms with Gasteiger partial charge in [-0.05, 0) is 25.2 Å². The largest absolute Gasteiger partial charge is 0.345 e. The van der Waals surface area contributed by atoms with Gasteiger partial charge in [0.25, 0.3) is 0 Å². The Morgan fingerprint density at radius 2 is 2.24 bits per heavy atom. The van der Waals surface area contributed by atoms with E-state index in [9.17, 15) is 4.79 Å². The number of rotatable bonds is 2. The van der Waals surface area contributed by atoms with Crippen molar-refractivity contribution in [3.05, 3.63) is 11.1 Å². The Morgan fingerprint density at radius 3 is 3.00 bits per heavy atom. The highest BCUT2D eigenvalue weighted by molar-refractivity contribution is 7.14. The zero-order chi connectivity index (χ0) is 11.8. The standard InChI is InChI=1S/C13H18N2OS/c1-9(16)11-8-17-13(14-11)15-7-6-10-4-2-3-5-12(10)15/h8,10,12H,2-7H2,1H3. The average molecular weight is 250 g/mol. The van der Waals surface area contributed by atoms with Gasteiger partial charge in [0.1, 0.15) is 5.69 Å². The number of hydrogen-bond acceptors (Lipinski definition) is 4. The smallest absolute Gasteiger partial charge is 0.186 e. The molecule has 2 fully saturated rings. The van der Waals surface area contributed by atoms with Crippen LogP contribution in [0, 0.1) is 5.92 Å². The van der Waals surface area contributed by atoms with Gasteiger partial charge in [-0.25, -0.2) is 4.98 Å². The molecular formula is C13H18N2OS. The number of ketones is 1. The Hall–Kier alpha value is -0.900. The second kappa shape index (κ2) is 4.41. The lowest BCUT2D eigenvalue weighted by atomic mass is 9.85. The van der Waals surface area contributed by atoms with Gasteiger partial charge >= 0.3 is 0 Å². The lowest BCUT2D eigenvalue weighted by Crippen LogP contribution is -2.34. The topological polar surface area (TPSA) is 33.2 Å². The summed E-state index contributed by atoms with van der Waals surface area (Å²) in [5.74, 6) is 0.945. The van der Waals surface area contributed by atoms with Crippen molar-refractivity contribution in [2.75, 3.05) is 11.4 Å². The van der Waals surface area contributed by atoms with Crippen molar-refractivity contribution < 1.29 is 4.79 Å². The van der Waals surface area contributed by atoms with E-state index in [1.165, 1.54) is 32.1 Å². The molecule has 17 heavy (non-hydrogen) atoms. The minimum Gasteiger partial charge on any atom is -0.345 e. The quantitative estimate of drug-likeness (QED) is 0.756. The molecule has 2 aliphatic rings. The van der Waals surface area contributed by atoms with Gasteiger partial charge in [-0.3, -0.25) is 4.79 Å². The maximum atomic E-state index is 11.3. The van der Waals surface area contributed by atoms with Crippen LogP contribution in [0.2, 0.25) is 0 Å². The minimum atomic E-state index is 0.0758. The molecule has 1 saturated heterocycles. The van der Waals surface area contributed by atoms with Gasteiger partial charge in [-0.1, -0.05) is 12.8 Å². The highest BCUT2D eigenvalue weighted by Crippen LogP contribution is 2.39. The van der Waals surface area contributed by atoms with Crippen molar-refractivity contribution >= 4 is 22.3 Å². The molecule has 1 aromatic rings. The predicted molar refractivity (Wildman–Crippen MR) is 69.8 cm³/mol. The minimum absolute atomic E-state index is 0.0758. The fourth-order valence-electron chi connectivity index (χ4n) is 3.20. The van der Waals surface area contributed by atoms with Gasteiger partial charge in [-0.2, -0.15) is 0 Å². The maximum Gasteiger partial charge on any atom is 0.186 e. The Kier molecular flexibility index (Phi) is 2.90. The average Bonchev–Trinajstić information content (AvgIpc) is 2.95. The Balaban J connectivity index is 1.81. The summed E-state index contributed by atoms with van der Waals surface area (Å²) in [5, 5.41) is 2.96. The maximum absolute atomic E-state index is 11.3. The second-order valence-corrected chi connectivity index (χ2v) is 6.00. The van der Waals surface area contributed by atoms with Crippen molar-refractivity contribution in [1.29, 1.82) is 0 Å². The molecule has 3 nitrogen and oxygen atoms in total. The molecule has 0 aromatic carbocycles. The van der Waals surface area contributed by atoms with Crippen LogP contribution < -0.4 is 4.90 Å². The van der Waals surface area contributed by atoms with Gasteiger partial charge in [0.2, 0.25) is 0 Å². The molecule has 0 amide bonds. The Morgan fingerprint density at radius 1 is 1.41 bits per heavy atom. The van der Waals surface area contributed by atoms with Gasteiger partial charge < -0.3 is 4.90 Å². The van der Waals surface area contributed by atoms with Crippen LogP contribution in [0.5, 0.6) is 0 Å². The molecule has 3 rings (SSSR count). The van der Waals surface area contributed by atoms with Crippen LogP contribution in [-0.4, -0.2) is 23.4 Å². The van der Waals surface area contributed by atoms with Crippen LogP contribution in [0.3, 0.4) is 0 Å². The predicted octanol–water partition coefficient (Wildman–Crippen LogP) is 3.11. The molecule has 4 heteroatoms. The third-order valence-electron chi connectivity index (χ3n) is 4.11. The molecule has 1 aliphatic heterocycles. The van der Waals surface area contributed by atoms with Gasteiger partial charge in [0.05, 0.1) is 0 Å². The number of hydrogen-bond donors (Lipinski definition) is 0. The molecule has 0 N–H and O–H groups in total. The van der Waals surface area contributed by atoms with E-state index in [0.29, 0.717) is 11.7 Å². The molecule has 0 spiro atoms. The van der Waals surface area contributed by atoms with Gasteiger partial charge in [-0.15, -0.1) is 11.3 Å². The van der Waals surface area contributed by atoms with E-state index >= 15 is 0 Å². The van der Waals surface area contributed by atoms with Crippen molar-refractivity contribution in [2.45, 2.75) is 45.1 Å². The molecular weight excluding hydrogens is 232 g/mol. The molecule has 2 atom stereocenters. The summed E-state index contributed by atoms with van der Waals surface area (Å²) in [6.45, 7) is 2.71. The second-order valence-electron chi connectivity index (χ2n) is 5.17. The lowest BCUT2D eigenvalue weighted by molar-refractivity contribution is 0.101. The molecule has 1 aromatic heterocycles. The third kappa shape index (κ3) is 1.99. The number of fused-ring (bicyclic) bond motifs is 1. The first-order valence-corrected chi connectivity index (χ1v) is 7.37. The summed E-state index contributed by atoms with van der Waals surface area (Å²) in [6, 6.07) is 0.690. The third-order valence-corrected chi connectivity index (χ3v) is 4.99. The molecule has 0 radical (unpaired) electrons. The number of carbonyl (C=O) groups is 1. The fourth-order valence-corrected chi connectivity index (χ4v) is 4.15. The normalized spacial score (nSPS) is 28.2. The summed E-state index contributed by atoms with van der Waals surface area (Å²) in [5.41, 5.74) is 0.629. The number of aromatic nitrogens is 1. The van der Waals surface area contributed by atoms with E-state index in [0.717, 1.165) is 17.6 Å². The first-order valence-electron chi connectivity index (χ1n) is 6.49. The summed E-state index contributed by atoms with van der Waals surface area (Å²) in [4.78, 5) is 18.2. The summed E-state index contributed by atoms with van der Waals surface area (Å²) < 4.78 is 0. The first-order chi connectivity index (χ1) is 8.25. The molecule has 1 aliphatic carbocycles. The first kappa shape index (κ1) is 11.2. The van der Waals surface area contributed by atoms with Gasteiger partial charge in [0.15, 0.2) is 10.9 Å². The van der Waals surface area contributed by atoms with Crippen LogP contribution in [0.25, 0.3) is 0 Å². The van der Waals surface area contributed by atoms with Crippen molar-refractivity contribution in [3.8, 4) is 0 Å². The number of Topliss-reactive ketones (excluding diaryl/α,β-unsaturated/α-hetero) is 1. The SMILES string of the molecule is CC(=O)c1csc(N2CCC3CCCCC32)n1. The van der Waals surface area contributed by atoms with Gasteiger partial charge in [0, 0.05) is 24.9 Å². The van der Waals surface area contributed by atoms with Crippen LogP contribution in [-0.2, 0) is 0 Å².